The van der Waals surface area contributed by atoms with Crippen molar-refractivity contribution in [2.75, 3.05) is 19.9 Å². The average molecular weight is 274 g/mol. The first-order valence-electron chi connectivity index (χ1n) is 6.94. The fraction of sp³-hybridized carbons (Fsp3) is 0.500. The van der Waals surface area contributed by atoms with Crippen molar-refractivity contribution >= 4 is 0 Å². The van der Waals surface area contributed by atoms with Crippen LogP contribution >= 0.6 is 0 Å². The zero-order chi connectivity index (χ0) is 14.4. The Kier molecular flexibility index (Phi) is 4.89. The number of hydrogen-bond acceptors (Lipinski definition) is 4. The Morgan fingerprint density at radius 1 is 1.40 bits per heavy atom. The zero-order valence-electron chi connectivity index (χ0n) is 11.9. The molecule has 0 fully saturated rings. The molecule has 0 saturated heterocycles. The lowest BCUT2D eigenvalue weighted by Crippen LogP contribution is -2.49. The largest absolute Gasteiger partial charge is 0.454 e. The number of nitrogens with two attached hydrogens (primary N) is 1. The number of ether oxygens (including phenoxy) is 2. The van der Waals surface area contributed by atoms with E-state index in [0.717, 1.165) is 37.3 Å². The van der Waals surface area contributed by atoms with E-state index in [4.69, 9.17) is 21.6 Å². The molecule has 1 aliphatic heterocycles. The summed E-state index contributed by atoms with van der Waals surface area (Å²) >= 11 is 0. The number of rotatable bonds is 7. The van der Waals surface area contributed by atoms with Crippen molar-refractivity contribution in [2.45, 2.75) is 31.7 Å². The quantitative estimate of drug-likeness (QED) is 0.587. The fourth-order valence-electron chi connectivity index (χ4n) is 2.22. The molecule has 0 aromatic heterocycles. The maximum absolute atomic E-state index is 5.88. The van der Waals surface area contributed by atoms with E-state index in [1.165, 1.54) is 5.56 Å². The summed E-state index contributed by atoms with van der Waals surface area (Å²) in [6.45, 7) is 3.83. The normalized spacial score (nSPS) is 15.7. The van der Waals surface area contributed by atoms with Crippen molar-refractivity contribution in [3.63, 3.8) is 0 Å². The first-order chi connectivity index (χ1) is 9.67. The third-order valence-electron chi connectivity index (χ3n) is 3.67. The van der Waals surface area contributed by atoms with Gasteiger partial charge in [0.15, 0.2) is 11.5 Å². The lowest BCUT2D eigenvalue weighted by atomic mass is 9.93. The van der Waals surface area contributed by atoms with E-state index in [1.807, 2.05) is 12.1 Å². The van der Waals surface area contributed by atoms with Crippen molar-refractivity contribution in [1.29, 1.82) is 0 Å². The molecular formula is C16H22N2O2. The third kappa shape index (κ3) is 3.66. The summed E-state index contributed by atoms with van der Waals surface area (Å²) < 4.78 is 10.7. The van der Waals surface area contributed by atoms with Gasteiger partial charge in [-0.1, -0.05) is 6.07 Å². The van der Waals surface area contributed by atoms with Crippen molar-refractivity contribution in [1.82, 2.24) is 5.32 Å². The van der Waals surface area contributed by atoms with Gasteiger partial charge in [-0.25, -0.2) is 0 Å². The number of aryl methyl sites for hydroxylation is 1. The molecule has 0 amide bonds. The highest BCUT2D eigenvalue weighted by molar-refractivity contribution is 5.44. The van der Waals surface area contributed by atoms with Crippen LogP contribution in [-0.2, 0) is 6.42 Å². The Balaban J connectivity index is 1.91. The minimum atomic E-state index is -0.0901. The van der Waals surface area contributed by atoms with E-state index >= 15 is 0 Å². The highest BCUT2D eigenvalue weighted by atomic mass is 16.7. The van der Waals surface area contributed by atoms with Gasteiger partial charge in [0, 0.05) is 25.0 Å². The van der Waals surface area contributed by atoms with Crippen LogP contribution in [-0.4, -0.2) is 25.4 Å². The van der Waals surface area contributed by atoms with E-state index < -0.39 is 0 Å². The molecule has 1 aromatic carbocycles. The summed E-state index contributed by atoms with van der Waals surface area (Å²) in [5.41, 5.74) is 7.02. The third-order valence-corrected chi connectivity index (χ3v) is 3.67. The maximum Gasteiger partial charge on any atom is 0.231 e. The van der Waals surface area contributed by atoms with Gasteiger partial charge in [-0.3, -0.25) is 0 Å². The summed E-state index contributed by atoms with van der Waals surface area (Å²) in [6, 6.07) is 6.08. The van der Waals surface area contributed by atoms with Gasteiger partial charge in [0.25, 0.3) is 0 Å². The predicted molar refractivity (Wildman–Crippen MR) is 79.8 cm³/mol. The Bertz CT molecular complexity index is 496. The number of benzene rings is 1. The molecule has 4 nitrogen and oxygen atoms in total. The molecule has 0 aliphatic carbocycles. The van der Waals surface area contributed by atoms with Crippen molar-refractivity contribution < 1.29 is 9.47 Å². The summed E-state index contributed by atoms with van der Waals surface area (Å²) in [4.78, 5) is 0. The molecule has 2 rings (SSSR count). The standard InChI is InChI=1S/C16H22N2O2/c1-3-4-9-18-16(2,11-17)8-7-13-5-6-14-15(10-13)20-12-19-14/h1,5-6,10,18H,4,7-9,11-12,17H2,2H3. The van der Waals surface area contributed by atoms with E-state index in [-0.39, 0.29) is 5.54 Å². The second-order valence-electron chi connectivity index (χ2n) is 5.33. The van der Waals surface area contributed by atoms with Crippen LogP contribution in [0.25, 0.3) is 0 Å². The average Bonchev–Trinajstić information content (AvgIpc) is 2.93. The van der Waals surface area contributed by atoms with Crippen LogP contribution in [0.1, 0.15) is 25.3 Å². The number of hydrogen-bond donors (Lipinski definition) is 2. The van der Waals surface area contributed by atoms with Crippen LogP contribution in [0, 0.1) is 12.3 Å². The van der Waals surface area contributed by atoms with Crippen LogP contribution in [0.2, 0.25) is 0 Å². The maximum atomic E-state index is 5.88. The Morgan fingerprint density at radius 3 is 2.95 bits per heavy atom. The molecule has 0 bridgehead atoms. The number of terminal acetylenes is 1. The second kappa shape index (κ2) is 6.65. The first kappa shape index (κ1) is 14.7. The fourth-order valence-corrected chi connectivity index (χ4v) is 2.22. The molecule has 1 unspecified atom stereocenters. The van der Waals surface area contributed by atoms with E-state index in [9.17, 15) is 0 Å². The Hall–Kier alpha value is -1.70. The zero-order valence-corrected chi connectivity index (χ0v) is 11.9. The van der Waals surface area contributed by atoms with Gasteiger partial charge in [0.1, 0.15) is 0 Å². The SMILES string of the molecule is C#CCCNC(C)(CN)CCc1ccc2c(c1)OCO2. The molecule has 20 heavy (non-hydrogen) atoms. The monoisotopic (exact) mass is 274 g/mol. The first-order valence-corrected chi connectivity index (χ1v) is 6.94. The number of fused-ring (bicyclic) bond motifs is 1. The molecular weight excluding hydrogens is 252 g/mol. The summed E-state index contributed by atoms with van der Waals surface area (Å²) in [5.74, 6) is 4.29. The minimum absolute atomic E-state index is 0.0901. The number of nitrogens with one attached hydrogen (secondary N) is 1. The van der Waals surface area contributed by atoms with Crippen molar-refractivity contribution in [3.8, 4) is 23.8 Å². The van der Waals surface area contributed by atoms with Crippen LogP contribution in [0.3, 0.4) is 0 Å². The molecule has 108 valence electrons. The molecule has 4 heteroatoms. The van der Waals surface area contributed by atoms with Gasteiger partial charge in [-0.2, -0.15) is 0 Å². The molecule has 1 heterocycles. The van der Waals surface area contributed by atoms with E-state index in [0.29, 0.717) is 13.3 Å². The van der Waals surface area contributed by atoms with Crippen LogP contribution in [0.5, 0.6) is 11.5 Å². The van der Waals surface area contributed by atoms with Gasteiger partial charge >= 0.3 is 0 Å². The van der Waals surface area contributed by atoms with Crippen LogP contribution in [0.15, 0.2) is 18.2 Å². The predicted octanol–water partition coefficient (Wildman–Crippen LogP) is 1.68. The summed E-state index contributed by atoms with van der Waals surface area (Å²) in [5, 5.41) is 3.45. The van der Waals surface area contributed by atoms with Gasteiger partial charge in [-0.05, 0) is 37.5 Å². The lowest BCUT2D eigenvalue weighted by molar-refractivity contribution is 0.174. The molecule has 3 N–H and O–H groups in total. The van der Waals surface area contributed by atoms with Gasteiger partial charge in [-0.15, -0.1) is 12.3 Å². The summed E-state index contributed by atoms with van der Waals surface area (Å²) in [6.07, 6.45) is 7.88. The van der Waals surface area contributed by atoms with Gasteiger partial charge in [0.05, 0.1) is 0 Å². The van der Waals surface area contributed by atoms with E-state index in [2.05, 4.69) is 24.2 Å². The van der Waals surface area contributed by atoms with Crippen molar-refractivity contribution in [3.05, 3.63) is 23.8 Å². The molecule has 1 atom stereocenters. The molecule has 1 aromatic rings. The molecule has 0 spiro atoms. The smallest absolute Gasteiger partial charge is 0.231 e. The Morgan fingerprint density at radius 2 is 2.20 bits per heavy atom. The van der Waals surface area contributed by atoms with Gasteiger partial charge < -0.3 is 20.5 Å². The highest BCUT2D eigenvalue weighted by Crippen LogP contribution is 2.33. The molecule has 0 saturated carbocycles. The van der Waals surface area contributed by atoms with Crippen LogP contribution < -0.4 is 20.5 Å². The minimum Gasteiger partial charge on any atom is -0.454 e. The van der Waals surface area contributed by atoms with Crippen LogP contribution in [0.4, 0.5) is 0 Å². The topological polar surface area (TPSA) is 56.5 Å². The van der Waals surface area contributed by atoms with E-state index in [1.54, 1.807) is 0 Å². The summed E-state index contributed by atoms with van der Waals surface area (Å²) in [7, 11) is 0. The Labute approximate surface area is 120 Å². The van der Waals surface area contributed by atoms with Gasteiger partial charge in [0.2, 0.25) is 6.79 Å². The highest BCUT2D eigenvalue weighted by Gasteiger charge is 2.21. The second-order valence-corrected chi connectivity index (χ2v) is 5.33. The van der Waals surface area contributed by atoms with Crippen molar-refractivity contribution in [2.24, 2.45) is 5.73 Å². The molecule has 1 aliphatic rings. The lowest BCUT2D eigenvalue weighted by Gasteiger charge is -2.29. The molecule has 0 radical (unpaired) electrons.